The van der Waals surface area contributed by atoms with Gasteiger partial charge in [-0.2, -0.15) is 0 Å². The number of halogens is 1. The number of anilines is 1. The molecule has 5 heteroatoms. The fraction of sp³-hybridized carbons (Fsp3) is 0.0769. The summed E-state index contributed by atoms with van der Waals surface area (Å²) in [6.45, 7) is 1.99. The van der Waals surface area contributed by atoms with Crippen LogP contribution in [0, 0.1) is 10.5 Å². The Morgan fingerprint density at radius 3 is 2.67 bits per heavy atom. The molecule has 90 valence electrons. The predicted octanol–water partition coefficient (Wildman–Crippen LogP) is 2.92. The number of hydrogen-bond donors (Lipinski definition) is 1. The monoisotopic (exact) mass is 350 g/mol. The molecule has 3 rings (SSSR count). The van der Waals surface area contributed by atoms with E-state index in [1.165, 1.54) is 3.57 Å². The molecule has 0 unspecified atom stereocenters. The zero-order valence-electron chi connectivity index (χ0n) is 9.76. The number of rotatable bonds is 1. The number of benzene rings is 1. The molecule has 0 fully saturated rings. The van der Waals surface area contributed by atoms with Gasteiger partial charge in [0.05, 0.1) is 5.69 Å². The van der Waals surface area contributed by atoms with Crippen LogP contribution in [0.3, 0.4) is 0 Å². The third kappa shape index (κ3) is 1.84. The largest absolute Gasteiger partial charge is 0.369 e. The number of nitrogens with two attached hydrogens (primary N) is 1. The molecule has 0 aliphatic heterocycles. The van der Waals surface area contributed by atoms with Crippen molar-refractivity contribution in [2.75, 3.05) is 5.73 Å². The van der Waals surface area contributed by atoms with E-state index in [0.717, 1.165) is 22.4 Å². The Morgan fingerprint density at radius 2 is 1.94 bits per heavy atom. The summed E-state index contributed by atoms with van der Waals surface area (Å²) in [4.78, 5) is 8.77. The lowest BCUT2D eigenvalue weighted by Crippen LogP contribution is -2.01. The third-order valence-corrected chi connectivity index (χ3v) is 3.46. The first kappa shape index (κ1) is 11.5. The summed E-state index contributed by atoms with van der Waals surface area (Å²) in [5.74, 6) is 0.462. The first-order chi connectivity index (χ1) is 8.65. The molecule has 0 aliphatic carbocycles. The Bertz CT molecular complexity index is 716. The van der Waals surface area contributed by atoms with Gasteiger partial charge in [0, 0.05) is 9.77 Å². The molecule has 0 spiro atoms. The van der Waals surface area contributed by atoms with Gasteiger partial charge < -0.3 is 5.73 Å². The molecule has 0 radical (unpaired) electrons. The molecule has 2 aromatic heterocycles. The van der Waals surface area contributed by atoms with Crippen molar-refractivity contribution in [2.45, 2.75) is 6.92 Å². The number of imidazole rings is 1. The molecular formula is C13H11IN4. The summed E-state index contributed by atoms with van der Waals surface area (Å²) in [6, 6.07) is 10.1. The molecule has 0 saturated heterocycles. The fourth-order valence-electron chi connectivity index (χ4n) is 1.93. The zero-order valence-corrected chi connectivity index (χ0v) is 11.9. The van der Waals surface area contributed by atoms with Crippen molar-refractivity contribution >= 4 is 39.7 Å². The van der Waals surface area contributed by atoms with Crippen LogP contribution in [-0.4, -0.2) is 14.5 Å². The van der Waals surface area contributed by atoms with E-state index in [0.29, 0.717) is 5.95 Å². The van der Waals surface area contributed by atoms with Gasteiger partial charge in [-0.15, -0.1) is 0 Å². The van der Waals surface area contributed by atoms with Crippen LogP contribution >= 0.6 is 22.6 Å². The highest BCUT2D eigenvalue weighted by atomic mass is 127. The minimum atomic E-state index is 0.462. The number of nitrogen functional groups attached to an aromatic ring is 1. The van der Waals surface area contributed by atoms with Crippen LogP contribution in [0.1, 0.15) is 5.56 Å². The van der Waals surface area contributed by atoms with Crippen molar-refractivity contribution in [1.82, 2.24) is 14.5 Å². The van der Waals surface area contributed by atoms with Gasteiger partial charge in [0.15, 0.2) is 5.65 Å². The lowest BCUT2D eigenvalue weighted by Gasteiger charge is -2.05. The Hall–Kier alpha value is -1.63. The Labute approximate surface area is 118 Å². The van der Waals surface area contributed by atoms with Gasteiger partial charge in [-0.3, -0.25) is 4.57 Å². The highest BCUT2D eigenvalue weighted by Crippen LogP contribution is 2.22. The third-order valence-electron chi connectivity index (χ3n) is 2.74. The van der Waals surface area contributed by atoms with Gasteiger partial charge in [0.2, 0.25) is 5.95 Å². The maximum atomic E-state index is 5.98. The molecule has 0 aliphatic rings. The van der Waals surface area contributed by atoms with Crippen molar-refractivity contribution in [2.24, 2.45) is 0 Å². The fourth-order valence-corrected chi connectivity index (χ4v) is 2.29. The Morgan fingerprint density at radius 1 is 1.22 bits per heavy atom. The van der Waals surface area contributed by atoms with Gasteiger partial charge in [-0.1, -0.05) is 0 Å². The highest BCUT2D eigenvalue weighted by molar-refractivity contribution is 14.1. The molecule has 18 heavy (non-hydrogen) atoms. The summed E-state index contributed by atoms with van der Waals surface area (Å²) in [5, 5.41) is 0. The van der Waals surface area contributed by atoms with Crippen LogP contribution in [-0.2, 0) is 0 Å². The molecule has 0 saturated carbocycles. The SMILES string of the molecule is Cc1cnc2c(c1)nc(N)n2-c1ccc(I)cc1. The van der Waals surface area contributed by atoms with Crippen molar-refractivity contribution in [3.05, 3.63) is 45.7 Å². The second-order valence-corrected chi connectivity index (χ2v) is 5.38. The van der Waals surface area contributed by atoms with Crippen LogP contribution in [0.15, 0.2) is 36.5 Å². The van der Waals surface area contributed by atoms with Crippen molar-refractivity contribution in [3.8, 4) is 5.69 Å². The molecule has 3 aromatic rings. The van der Waals surface area contributed by atoms with Crippen LogP contribution in [0.5, 0.6) is 0 Å². The van der Waals surface area contributed by atoms with Crippen molar-refractivity contribution in [3.63, 3.8) is 0 Å². The van der Waals surface area contributed by atoms with E-state index >= 15 is 0 Å². The van der Waals surface area contributed by atoms with Gasteiger partial charge in [0.1, 0.15) is 5.52 Å². The van der Waals surface area contributed by atoms with Gasteiger partial charge in [-0.25, -0.2) is 9.97 Å². The van der Waals surface area contributed by atoms with E-state index in [-0.39, 0.29) is 0 Å². The van der Waals surface area contributed by atoms with E-state index in [1.807, 2.05) is 48.0 Å². The molecule has 0 atom stereocenters. The Kier molecular flexibility index (Phi) is 2.70. The van der Waals surface area contributed by atoms with E-state index in [4.69, 9.17) is 5.73 Å². The van der Waals surface area contributed by atoms with Crippen molar-refractivity contribution < 1.29 is 0 Å². The number of pyridine rings is 1. The summed E-state index contributed by atoms with van der Waals surface area (Å²) in [7, 11) is 0. The van der Waals surface area contributed by atoms with E-state index in [1.54, 1.807) is 0 Å². The number of hydrogen-bond acceptors (Lipinski definition) is 3. The lowest BCUT2D eigenvalue weighted by molar-refractivity contribution is 1.08. The molecule has 2 heterocycles. The summed E-state index contributed by atoms with van der Waals surface area (Å²) in [5.41, 5.74) is 9.66. The minimum Gasteiger partial charge on any atom is -0.369 e. The normalized spacial score (nSPS) is 11.0. The molecule has 2 N–H and O–H groups in total. The molecule has 0 amide bonds. The first-order valence-electron chi connectivity index (χ1n) is 5.51. The number of nitrogens with zero attached hydrogens (tertiary/aromatic N) is 3. The molecular weight excluding hydrogens is 339 g/mol. The maximum Gasteiger partial charge on any atom is 0.207 e. The summed E-state index contributed by atoms with van der Waals surface area (Å²) >= 11 is 2.27. The van der Waals surface area contributed by atoms with Gasteiger partial charge in [-0.05, 0) is 65.4 Å². The zero-order chi connectivity index (χ0) is 12.7. The molecule has 0 bridgehead atoms. The summed E-state index contributed by atoms with van der Waals surface area (Å²) in [6.07, 6.45) is 1.83. The molecule has 1 aromatic carbocycles. The van der Waals surface area contributed by atoms with Crippen LogP contribution in [0.25, 0.3) is 16.9 Å². The van der Waals surface area contributed by atoms with E-state index < -0.39 is 0 Å². The number of fused-ring (bicyclic) bond motifs is 1. The second kappa shape index (κ2) is 4.24. The minimum absolute atomic E-state index is 0.462. The van der Waals surface area contributed by atoms with Crippen LogP contribution in [0.2, 0.25) is 0 Å². The molecule has 4 nitrogen and oxygen atoms in total. The quantitative estimate of drug-likeness (QED) is 0.687. The first-order valence-corrected chi connectivity index (χ1v) is 6.59. The van der Waals surface area contributed by atoms with Gasteiger partial charge in [0.25, 0.3) is 0 Å². The van der Waals surface area contributed by atoms with Crippen molar-refractivity contribution in [1.29, 1.82) is 0 Å². The topological polar surface area (TPSA) is 56.7 Å². The average Bonchev–Trinajstić information content (AvgIpc) is 2.65. The lowest BCUT2D eigenvalue weighted by atomic mass is 10.3. The number of aromatic nitrogens is 3. The van der Waals surface area contributed by atoms with E-state index in [2.05, 4.69) is 32.6 Å². The summed E-state index contributed by atoms with van der Waals surface area (Å²) < 4.78 is 3.05. The number of aryl methyl sites for hydroxylation is 1. The highest BCUT2D eigenvalue weighted by Gasteiger charge is 2.10. The Balaban J connectivity index is 2.28. The predicted molar refractivity (Wildman–Crippen MR) is 80.7 cm³/mol. The van der Waals surface area contributed by atoms with Gasteiger partial charge >= 0.3 is 0 Å². The smallest absolute Gasteiger partial charge is 0.207 e. The van der Waals surface area contributed by atoms with E-state index in [9.17, 15) is 0 Å². The van der Waals surface area contributed by atoms with Crippen LogP contribution in [0.4, 0.5) is 5.95 Å². The standard InChI is InChI=1S/C13H11IN4/c1-8-6-11-12(16-7-8)18(13(15)17-11)10-4-2-9(14)3-5-10/h2-7H,1H3,(H2,15,17). The second-order valence-electron chi connectivity index (χ2n) is 4.14. The average molecular weight is 350 g/mol. The van der Waals surface area contributed by atoms with Crippen LogP contribution < -0.4 is 5.73 Å². The maximum absolute atomic E-state index is 5.98.